The number of carbonyl (C=O) groups is 2. The average Bonchev–Trinajstić information content (AvgIpc) is 3.43. The maximum absolute atomic E-state index is 14.4. The second kappa shape index (κ2) is 8.97. The molecule has 0 bridgehead atoms. The monoisotopic (exact) mass is 507 g/mol. The van der Waals surface area contributed by atoms with Crippen LogP contribution in [0, 0.1) is 5.82 Å². The van der Waals surface area contributed by atoms with Gasteiger partial charge in [-0.3, -0.25) is 10.1 Å². The summed E-state index contributed by atoms with van der Waals surface area (Å²) in [6.45, 7) is 0. The van der Waals surface area contributed by atoms with E-state index in [-0.39, 0.29) is 27.9 Å². The molecule has 0 saturated carbocycles. The maximum atomic E-state index is 14.4. The number of rotatable bonds is 5. The normalized spacial score (nSPS) is 11.1. The molecule has 0 radical (unpaired) electrons. The molecular formula is C25H19ClFN5O4. The lowest BCUT2D eigenvalue weighted by Gasteiger charge is -2.07. The minimum atomic E-state index is -0.532. The van der Waals surface area contributed by atoms with Crippen molar-refractivity contribution in [3.05, 3.63) is 70.5 Å². The number of halogens is 2. The fraction of sp³-hybridized carbons (Fsp3) is 0.120. The van der Waals surface area contributed by atoms with Crippen LogP contribution in [0.4, 0.5) is 10.3 Å². The highest BCUT2D eigenvalue weighted by Gasteiger charge is 2.20. The first-order chi connectivity index (χ1) is 17.3. The first kappa shape index (κ1) is 23.3. The van der Waals surface area contributed by atoms with Crippen molar-refractivity contribution < 1.29 is 23.5 Å². The molecule has 3 aromatic carbocycles. The van der Waals surface area contributed by atoms with Gasteiger partial charge in [0.15, 0.2) is 0 Å². The third-order valence-corrected chi connectivity index (χ3v) is 6.08. The van der Waals surface area contributed by atoms with Crippen LogP contribution < -0.4 is 10.1 Å². The van der Waals surface area contributed by atoms with Gasteiger partial charge in [0.2, 0.25) is 5.95 Å². The quantitative estimate of drug-likeness (QED) is 0.325. The lowest BCUT2D eigenvalue weighted by atomic mass is 10.1. The van der Waals surface area contributed by atoms with Crippen molar-refractivity contribution in [3.8, 4) is 17.1 Å². The van der Waals surface area contributed by atoms with Crippen LogP contribution in [0.2, 0.25) is 5.02 Å². The molecule has 182 valence electrons. The number of hydrogen-bond acceptors (Lipinski definition) is 6. The highest BCUT2D eigenvalue weighted by molar-refractivity contribution is 6.33. The van der Waals surface area contributed by atoms with Gasteiger partial charge < -0.3 is 19.0 Å². The van der Waals surface area contributed by atoms with Crippen LogP contribution in [0.3, 0.4) is 0 Å². The van der Waals surface area contributed by atoms with Gasteiger partial charge in [-0.2, -0.15) is 0 Å². The summed E-state index contributed by atoms with van der Waals surface area (Å²) in [5.41, 5.74) is 2.82. The van der Waals surface area contributed by atoms with Crippen molar-refractivity contribution in [2.24, 2.45) is 7.05 Å². The highest BCUT2D eigenvalue weighted by Crippen LogP contribution is 2.33. The maximum Gasteiger partial charge on any atom is 0.337 e. The van der Waals surface area contributed by atoms with Crippen molar-refractivity contribution in [2.45, 2.75) is 0 Å². The number of H-pyrrole nitrogens is 1. The van der Waals surface area contributed by atoms with E-state index in [0.717, 1.165) is 0 Å². The number of carbonyl (C=O) groups excluding carboxylic acids is 2. The predicted octanol–water partition coefficient (Wildman–Crippen LogP) is 4.96. The van der Waals surface area contributed by atoms with Gasteiger partial charge in [-0.05, 0) is 42.5 Å². The largest absolute Gasteiger partial charge is 0.494 e. The summed E-state index contributed by atoms with van der Waals surface area (Å²) in [5.74, 6) is -0.649. The van der Waals surface area contributed by atoms with Crippen LogP contribution in [-0.4, -0.2) is 45.6 Å². The Labute approximate surface area is 208 Å². The van der Waals surface area contributed by atoms with Crippen molar-refractivity contribution in [2.75, 3.05) is 19.5 Å². The molecule has 0 saturated heterocycles. The number of anilines is 1. The summed E-state index contributed by atoms with van der Waals surface area (Å²) >= 11 is 6.19. The average molecular weight is 508 g/mol. The summed E-state index contributed by atoms with van der Waals surface area (Å²) in [6, 6.07) is 12.4. The van der Waals surface area contributed by atoms with Gasteiger partial charge in [0, 0.05) is 12.6 Å². The Balaban J connectivity index is 1.51. The molecular weight excluding hydrogens is 489 g/mol. The van der Waals surface area contributed by atoms with Crippen LogP contribution >= 0.6 is 11.6 Å². The van der Waals surface area contributed by atoms with E-state index in [1.54, 1.807) is 48.0 Å². The van der Waals surface area contributed by atoms with Crippen molar-refractivity contribution >= 4 is 51.5 Å². The molecule has 0 unspecified atom stereocenters. The summed E-state index contributed by atoms with van der Waals surface area (Å²) < 4.78 is 26.3. The van der Waals surface area contributed by atoms with E-state index in [0.29, 0.717) is 33.4 Å². The molecule has 5 rings (SSSR count). The molecule has 2 heterocycles. The summed E-state index contributed by atoms with van der Waals surface area (Å²) in [5, 5.41) is 2.97. The zero-order valence-electron chi connectivity index (χ0n) is 19.3. The molecule has 0 aliphatic heterocycles. The number of aromatic nitrogens is 4. The smallest absolute Gasteiger partial charge is 0.337 e. The molecule has 1 amide bonds. The Bertz CT molecular complexity index is 1660. The van der Waals surface area contributed by atoms with E-state index in [2.05, 4.69) is 20.3 Å². The summed E-state index contributed by atoms with van der Waals surface area (Å²) in [7, 11) is 4.50. The molecule has 0 aliphatic rings. The van der Waals surface area contributed by atoms with E-state index < -0.39 is 17.7 Å². The number of hydrogen-bond donors (Lipinski definition) is 2. The van der Waals surface area contributed by atoms with E-state index in [1.807, 2.05) is 0 Å². The molecule has 0 atom stereocenters. The zero-order chi connectivity index (χ0) is 25.6. The second-order valence-corrected chi connectivity index (χ2v) is 8.31. The Morgan fingerprint density at radius 2 is 1.83 bits per heavy atom. The number of aryl methyl sites for hydroxylation is 1. The van der Waals surface area contributed by atoms with E-state index in [1.165, 1.54) is 26.4 Å². The fourth-order valence-electron chi connectivity index (χ4n) is 3.95. The van der Waals surface area contributed by atoms with Crippen LogP contribution in [0.15, 0.2) is 48.5 Å². The van der Waals surface area contributed by atoms with Gasteiger partial charge in [-0.15, -0.1) is 0 Å². The molecule has 2 N–H and O–H groups in total. The highest BCUT2D eigenvalue weighted by atomic mass is 35.5. The molecule has 5 aromatic rings. The number of imidazole rings is 2. The molecule has 0 fully saturated rings. The zero-order valence-corrected chi connectivity index (χ0v) is 20.1. The minimum absolute atomic E-state index is 0.120. The van der Waals surface area contributed by atoms with Gasteiger partial charge in [0.25, 0.3) is 5.91 Å². The van der Waals surface area contributed by atoms with E-state index in [9.17, 15) is 14.0 Å². The summed E-state index contributed by atoms with van der Waals surface area (Å²) in [4.78, 5) is 36.9. The number of esters is 1. The van der Waals surface area contributed by atoms with Gasteiger partial charge in [0.05, 0.1) is 46.9 Å². The van der Waals surface area contributed by atoms with E-state index in [4.69, 9.17) is 21.1 Å². The number of nitrogens with one attached hydrogen (secondary N) is 2. The van der Waals surface area contributed by atoms with Crippen molar-refractivity contribution in [1.82, 2.24) is 19.5 Å². The molecule has 0 spiro atoms. The number of benzene rings is 3. The number of aromatic amines is 1. The topological polar surface area (TPSA) is 111 Å². The first-order valence-electron chi connectivity index (χ1n) is 10.7. The number of amides is 1. The second-order valence-electron chi connectivity index (χ2n) is 7.90. The molecule has 0 aliphatic carbocycles. The third kappa shape index (κ3) is 3.91. The Morgan fingerprint density at radius 3 is 2.56 bits per heavy atom. The number of fused-ring (bicyclic) bond motifs is 2. The first-order valence-corrected chi connectivity index (χ1v) is 11.1. The number of methoxy groups -OCH3 is 2. The van der Waals surface area contributed by atoms with Gasteiger partial charge in [-0.1, -0.05) is 17.7 Å². The summed E-state index contributed by atoms with van der Waals surface area (Å²) in [6.07, 6.45) is 0. The fourth-order valence-corrected chi connectivity index (χ4v) is 4.20. The predicted molar refractivity (Wildman–Crippen MR) is 133 cm³/mol. The molecule has 11 heteroatoms. The lowest BCUT2D eigenvalue weighted by Crippen LogP contribution is -2.15. The molecule has 9 nitrogen and oxygen atoms in total. The number of nitrogens with zero attached hydrogens (tertiary/aromatic N) is 3. The van der Waals surface area contributed by atoms with E-state index >= 15 is 0 Å². The van der Waals surface area contributed by atoms with Crippen molar-refractivity contribution in [3.63, 3.8) is 0 Å². The van der Waals surface area contributed by atoms with Crippen molar-refractivity contribution in [1.29, 1.82) is 0 Å². The Kier molecular flexibility index (Phi) is 5.81. The van der Waals surface area contributed by atoms with Crippen LogP contribution in [0.5, 0.6) is 5.75 Å². The number of ether oxygens (including phenoxy) is 2. The Hall–Kier alpha value is -4.44. The van der Waals surface area contributed by atoms with Crippen LogP contribution in [-0.2, 0) is 11.8 Å². The standard InChI is InChI=1S/C25H19ClFN5O4/c1-32-18-8-7-12(24(34)36-3)9-16(18)29-25(32)31-23(33)13-10-17-21(19(11-13)35-2)30-22(28-17)20-14(26)5-4-6-15(20)27/h4-11H,1-3H3,(H,28,30)(H,29,31,33). The van der Waals surface area contributed by atoms with Crippen LogP contribution in [0.1, 0.15) is 20.7 Å². The van der Waals surface area contributed by atoms with Gasteiger partial charge in [-0.25, -0.2) is 19.2 Å². The third-order valence-electron chi connectivity index (χ3n) is 5.77. The molecule has 2 aromatic heterocycles. The lowest BCUT2D eigenvalue weighted by molar-refractivity contribution is 0.0600. The van der Waals surface area contributed by atoms with Gasteiger partial charge >= 0.3 is 5.97 Å². The SMILES string of the molecule is COC(=O)c1ccc2c(c1)nc(NC(=O)c1cc(OC)c3[nH]c(-c4c(F)cccc4Cl)nc3c1)n2C. The minimum Gasteiger partial charge on any atom is -0.494 e. The van der Waals surface area contributed by atoms with Gasteiger partial charge in [0.1, 0.15) is 22.9 Å². The van der Waals surface area contributed by atoms with Crippen LogP contribution in [0.25, 0.3) is 33.5 Å². The molecule has 36 heavy (non-hydrogen) atoms. The Morgan fingerprint density at radius 1 is 1.06 bits per heavy atom.